The van der Waals surface area contributed by atoms with Gasteiger partial charge in [-0.25, -0.2) is 0 Å². The zero-order valence-electron chi connectivity index (χ0n) is 12.8. The van der Waals surface area contributed by atoms with Crippen LogP contribution in [0, 0.1) is 0 Å². The number of hydrogen-bond acceptors (Lipinski definition) is 3. The van der Waals surface area contributed by atoms with Crippen LogP contribution in [-0.2, 0) is 4.79 Å². The van der Waals surface area contributed by atoms with Gasteiger partial charge in [-0.15, -0.1) is 0 Å². The minimum absolute atomic E-state index is 0.108. The Morgan fingerprint density at radius 1 is 1.20 bits per heavy atom. The first-order valence-corrected chi connectivity index (χ1v) is 6.54. The quantitative estimate of drug-likeness (QED) is 0.881. The number of nitrogens with one attached hydrogen (secondary N) is 2. The molecule has 0 spiro atoms. The lowest BCUT2D eigenvalue weighted by Crippen LogP contribution is -2.40. The van der Waals surface area contributed by atoms with Gasteiger partial charge >= 0.3 is 0 Å². The topological polar surface area (TPSA) is 61.4 Å². The minimum atomic E-state index is -0.290. The van der Waals surface area contributed by atoms with Gasteiger partial charge in [0.25, 0.3) is 5.91 Å². The van der Waals surface area contributed by atoms with Crippen LogP contribution in [0.4, 0.5) is 5.69 Å². The van der Waals surface area contributed by atoms with Crippen molar-refractivity contribution in [2.75, 3.05) is 26.0 Å². The molecule has 0 aliphatic rings. The summed E-state index contributed by atoms with van der Waals surface area (Å²) in [6.45, 7) is 6.08. The summed E-state index contributed by atoms with van der Waals surface area (Å²) < 4.78 is 0. The molecule has 1 rings (SSSR count). The van der Waals surface area contributed by atoms with E-state index in [-0.39, 0.29) is 17.4 Å². The van der Waals surface area contributed by atoms with Crippen LogP contribution < -0.4 is 10.6 Å². The summed E-state index contributed by atoms with van der Waals surface area (Å²) in [5.74, 6) is -0.260. The van der Waals surface area contributed by atoms with Crippen molar-refractivity contribution in [3.63, 3.8) is 0 Å². The van der Waals surface area contributed by atoms with Crippen molar-refractivity contribution in [1.82, 2.24) is 10.2 Å². The Kier molecular flexibility index (Phi) is 5.27. The van der Waals surface area contributed by atoms with Crippen LogP contribution in [0.3, 0.4) is 0 Å². The molecule has 2 N–H and O–H groups in total. The second-order valence-corrected chi connectivity index (χ2v) is 6.07. The van der Waals surface area contributed by atoms with Gasteiger partial charge in [-0.1, -0.05) is 6.07 Å². The average Bonchev–Trinajstić information content (AvgIpc) is 2.25. The Bertz CT molecular complexity index is 490. The predicted molar refractivity (Wildman–Crippen MR) is 80.8 cm³/mol. The molecule has 0 saturated carbocycles. The monoisotopic (exact) mass is 277 g/mol. The van der Waals surface area contributed by atoms with Gasteiger partial charge < -0.3 is 15.5 Å². The molecular weight excluding hydrogens is 254 g/mol. The molecule has 0 aromatic heterocycles. The number of amides is 2. The van der Waals surface area contributed by atoms with Gasteiger partial charge in [0, 0.05) is 16.8 Å². The largest absolute Gasteiger partial charge is 0.347 e. The van der Waals surface area contributed by atoms with Crippen LogP contribution in [0.15, 0.2) is 24.3 Å². The zero-order valence-corrected chi connectivity index (χ0v) is 12.8. The van der Waals surface area contributed by atoms with E-state index in [1.807, 2.05) is 34.9 Å². The molecule has 0 bridgehead atoms. The molecule has 0 saturated heterocycles. The first kappa shape index (κ1) is 16.2. The van der Waals surface area contributed by atoms with Crippen molar-refractivity contribution < 1.29 is 9.59 Å². The highest BCUT2D eigenvalue weighted by Crippen LogP contribution is 2.12. The highest BCUT2D eigenvalue weighted by Gasteiger charge is 2.15. The van der Waals surface area contributed by atoms with Crippen LogP contribution in [-0.4, -0.2) is 42.9 Å². The number of rotatable bonds is 4. The Morgan fingerprint density at radius 2 is 1.85 bits per heavy atom. The molecule has 110 valence electrons. The maximum absolute atomic E-state index is 12.0. The lowest BCUT2D eigenvalue weighted by Gasteiger charge is -2.20. The average molecular weight is 277 g/mol. The minimum Gasteiger partial charge on any atom is -0.347 e. The number of carbonyl (C=O) groups excluding carboxylic acids is 2. The van der Waals surface area contributed by atoms with E-state index < -0.39 is 0 Å². The first-order chi connectivity index (χ1) is 9.17. The van der Waals surface area contributed by atoms with E-state index in [2.05, 4.69) is 10.6 Å². The zero-order chi connectivity index (χ0) is 15.3. The number of carbonyl (C=O) groups is 2. The molecule has 0 aliphatic heterocycles. The molecule has 0 fully saturated rings. The number of anilines is 1. The summed E-state index contributed by atoms with van der Waals surface area (Å²) in [4.78, 5) is 25.5. The van der Waals surface area contributed by atoms with Crippen molar-refractivity contribution in [2.24, 2.45) is 0 Å². The summed E-state index contributed by atoms with van der Waals surface area (Å²) in [5.41, 5.74) is 0.863. The van der Waals surface area contributed by atoms with Crippen LogP contribution in [0.1, 0.15) is 31.1 Å². The van der Waals surface area contributed by atoms with E-state index in [9.17, 15) is 9.59 Å². The van der Waals surface area contributed by atoms with Gasteiger partial charge in [-0.3, -0.25) is 9.59 Å². The van der Waals surface area contributed by atoms with E-state index in [0.717, 1.165) is 0 Å². The van der Waals surface area contributed by atoms with E-state index in [1.54, 1.807) is 29.2 Å². The number of nitrogens with zero attached hydrogens (tertiary/aromatic N) is 1. The second kappa shape index (κ2) is 6.52. The van der Waals surface area contributed by atoms with Gasteiger partial charge in [0.2, 0.25) is 5.91 Å². The third-order valence-corrected chi connectivity index (χ3v) is 2.36. The van der Waals surface area contributed by atoms with E-state index >= 15 is 0 Å². The molecular formula is C15H23N3O2. The maximum Gasteiger partial charge on any atom is 0.251 e. The first-order valence-electron chi connectivity index (χ1n) is 6.54. The van der Waals surface area contributed by atoms with Crippen molar-refractivity contribution in [3.05, 3.63) is 29.8 Å². The number of likely N-dealkylation sites (N-methyl/N-ethyl adjacent to an activating group) is 1. The molecule has 5 nitrogen and oxygen atoms in total. The molecule has 0 unspecified atom stereocenters. The Hall–Kier alpha value is -1.88. The lowest BCUT2D eigenvalue weighted by molar-refractivity contribution is -0.116. The highest BCUT2D eigenvalue weighted by atomic mass is 16.2. The van der Waals surface area contributed by atoms with E-state index in [0.29, 0.717) is 17.8 Å². The van der Waals surface area contributed by atoms with Crippen LogP contribution >= 0.6 is 0 Å². The van der Waals surface area contributed by atoms with Crippen molar-refractivity contribution in [1.29, 1.82) is 0 Å². The number of hydrogen-bond donors (Lipinski definition) is 2. The van der Waals surface area contributed by atoms with Crippen LogP contribution in [0.25, 0.3) is 0 Å². The molecule has 20 heavy (non-hydrogen) atoms. The van der Waals surface area contributed by atoms with Gasteiger partial charge in [0.05, 0.1) is 6.54 Å². The summed E-state index contributed by atoms with van der Waals surface area (Å²) >= 11 is 0. The lowest BCUT2D eigenvalue weighted by atomic mass is 10.1. The summed E-state index contributed by atoms with van der Waals surface area (Å²) in [7, 11) is 3.65. The molecule has 0 atom stereocenters. The molecule has 0 aliphatic carbocycles. The fourth-order valence-electron chi connectivity index (χ4n) is 1.64. The Labute approximate surface area is 120 Å². The predicted octanol–water partition coefficient (Wildman–Crippen LogP) is 1.71. The van der Waals surface area contributed by atoms with Crippen molar-refractivity contribution >= 4 is 17.5 Å². The highest BCUT2D eigenvalue weighted by molar-refractivity contribution is 5.97. The van der Waals surface area contributed by atoms with Crippen molar-refractivity contribution in [3.8, 4) is 0 Å². The van der Waals surface area contributed by atoms with Crippen LogP contribution in [0.2, 0.25) is 0 Å². The summed E-state index contributed by atoms with van der Waals surface area (Å²) in [6, 6.07) is 6.92. The third-order valence-electron chi connectivity index (χ3n) is 2.36. The SMILES string of the molecule is CN(C)CC(=O)Nc1cccc(C(=O)NC(C)(C)C)c1. The third kappa shape index (κ3) is 5.84. The molecule has 1 aromatic carbocycles. The van der Waals surface area contributed by atoms with E-state index in [4.69, 9.17) is 0 Å². The van der Waals surface area contributed by atoms with Gasteiger partial charge in [-0.2, -0.15) is 0 Å². The van der Waals surface area contributed by atoms with Crippen LogP contribution in [0.5, 0.6) is 0 Å². The molecule has 0 radical (unpaired) electrons. The Morgan fingerprint density at radius 3 is 2.40 bits per heavy atom. The van der Waals surface area contributed by atoms with Crippen molar-refractivity contribution in [2.45, 2.75) is 26.3 Å². The van der Waals surface area contributed by atoms with E-state index in [1.165, 1.54) is 0 Å². The smallest absolute Gasteiger partial charge is 0.251 e. The molecule has 1 aromatic rings. The fourth-order valence-corrected chi connectivity index (χ4v) is 1.64. The Balaban J connectivity index is 2.75. The fraction of sp³-hybridized carbons (Fsp3) is 0.467. The molecule has 2 amide bonds. The van der Waals surface area contributed by atoms with Gasteiger partial charge in [-0.05, 0) is 53.1 Å². The molecule has 0 heterocycles. The molecule has 5 heteroatoms. The second-order valence-electron chi connectivity index (χ2n) is 6.07. The summed E-state index contributed by atoms with van der Waals surface area (Å²) in [6.07, 6.45) is 0. The summed E-state index contributed by atoms with van der Waals surface area (Å²) in [5, 5.41) is 5.66. The number of benzene rings is 1. The van der Waals surface area contributed by atoms with Gasteiger partial charge in [0.1, 0.15) is 0 Å². The normalized spacial score (nSPS) is 11.3. The standard InChI is InChI=1S/C15H23N3O2/c1-15(2,3)17-14(20)11-7-6-8-12(9-11)16-13(19)10-18(4)5/h6-9H,10H2,1-5H3,(H,16,19)(H,17,20). The van der Waals surface area contributed by atoms with Gasteiger partial charge in [0.15, 0.2) is 0 Å². The maximum atomic E-state index is 12.0.